The molecule has 0 radical (unpaired) electrons. The maximum atomic E-state index is 12.9. The van der Waals surface area contributed by atoms with Crippen LogP contribution >= 0.6 is 0 Å². The van der Waals surface area contributed by atoms with Crippen molar-refractivity contribution < 1.29 is 22.7 Å². The van der Waals surface area contributed by atoms with E-state index in [-0.39, 0.29) is 11.9 Å². The van der Waals surface area contributed by atoms with Gasteiger partial charge in [-0.1, -0.05) is 12.1 Å². The molecule has 0 saturated heterocycles. The Morgan fingerprint density at radius 3 is 2.40 bits per heavy atom. The van der Waals surface area contributed by atoms with Crippen LogP contribution in [0.2, 0.25) is 0 Å². The van der Waals surface area contributed by atoms with Gasteiger partial charge in [-0.05, 0) is 54.8 Å². The molecule has 1 aliphatic carbocycles. The summed E-state index contributed by atoms with van der Waals surface area (Å²) in [5, 5.41) is 0. The third-order valence-electron chi connectivity index (χ3n) is 4.73. The molecule has 0 spiro atoms. The highest BCUT2D eigenvalue weighted by atomic mass is 32.2. The first-order valence-electron chi connectivity index (χ1n) is 9.56. The maximum Gasteiger partial charge on any atom is 0.247 e. The molecule has 1 saturated carbocycles. The fourth-order valence-electron chi connectivity index (χ4n) is 3.10. The summed E-state index contributed by atoms with van der Waals surface area (Å²) in [6, 6.07) is 12.6. The Labute approximate surface area is 177 Å². The van der Waals surface area contributed by atoms with Gasteiger partial charge in [0.05, 0.1) is 27.0 Å². The zero-order valence-corrected chi connectivity index (χ0v) is 18.1. The zero-order chi connectivity index (χ0) is 21.7. The summed E-state index contributed by atoms with van der Waals surface area (Å²) in [7, 11) is -0.104. The second-order valence-corrected chi connectivity index (χ2v) is 8.95. The van der Waals surface area contributed by atoms with E-state index in [0.717, 1.165) is 30.2 Å². The lowest BCUT2D eigenvalue weighted by molar-refractivity contribution is -0.127. The Bertz CT molecular complexity index is 1030. The van der Waals surface area contributed by atoms with E-state index in [1.807, 2.05) is 23.1 Å². The average molecular weight is 431 g/mol. The van der Waals surface area contributed by atoms with E-state index >= 15 is 0 Å². The number of benzene rings is 2. The average Bonchev–Trinajstić information content (AvgIpc) is 3.55. The largest absolute Gasteiger partial charge is 0.497 e. The number of hydrogen-bond donors (Lipinski definition) is 1. The van der Waals surface area contributed by atoms with Crippen molar-refractivity contribution in [3.05, 3.63) is 59.7 Å². The lowest BCUT2D eigenvalue weighted by Crippen LogP contribution is -2.31. The Balaban J connectivity index is 1.72. The number of nitrogens with one attached hydrogen (secondary N) is 1. The van der Waals surface area contributed by atoms with Crippen LogP contribution in [0, 0.1) is 0 Å². The van der Waals surface area contributed by atoms with Crippen LogP contribution in [0.4, 0.5) is 5.69 Å². The van der Waals surface area contributed by atoms with Gasteiger partial charge in [0.1, 0.15) is 11.5 Å². The molecule has 1 N–H and O–H groups in total. The minimum Gasteiger partial charge on any atom is -0.497 e. The van der Waals surface area contributed by atoms with E-state index in [9.17, 15) is 13.2 Å². The quantitative estimate of drug-likeness (QED) is 0.617. The number of carbonyl (C=O) groups excluding carboxylic acids is 1. The van der Waals surface area contributed by atoms with Gasteiger partial charge in [-0.3, -0.25) is 9.52 Å². The van der Waals surface area contributed by atoms with Crippen molar-refractivity contribution in [1.82, 2.24) is 4.90 Å². The molecule has 1 amide bonds. The van der Waals surface area contributed by atoms with Crippen molar-refractivity contribution in [1.29, 1.82) is 0 Å². The molecule has 3 rings (SSSR count). The van der Waals surface area contributed by atoms with Crippen LogP contribution in [0.5, 0.6) is 11.5 Å². The zero-order valence-electron chi connectivity index (χ0n) is 17.3. The highest BCUT2D eigenvalue weighted by Gasteiger charge is 2.32. The minimum atomic E-state index is -3.32. The molecule has 1 aliphatic rings. The van der Waals surface area contributed by atoms with Gasteiger partial charge in [-0.2, -0.15) is 0 Å². The number of methoxy groups -OCH3 is 2. The molecule has 0 bridgehead atoms. The molecular weight excluding hydrogens is 404 g/mol. The Morgan fingerprint density at radius 2 is 1.83 bits per heavy atom. The standard InChI is InChI=1S/C22H26N2O5S/c1-28-20-11-12-21(29-2)17(14-20)15-24(19-9-10-19)22(25)13-6-16-4-7-18(8-5-16)23-30(3,26)27/h4-8,11-14,19,23H,9-10,15H2,1-3H3/b13-6+. The summed E-state index contributed by atoms with van der Waals surface area (Å²) in [6.45, 7) is 0.436. The van der Waals surface area contributed by atoms with Crippen LogP contribution in [0.3, 0.4) is 0 Å². The van der Waals surface area contributed by atoms with E-state index in [2.05, 4.69) is 4.72 Å². The molecule has 7 nitrogen and oxygen atoms in total. The lowest BCUT2D eigenvalue weighted by atomic mass is 10.1. The van der Waals surface area contributed by atoms with Gasteiger partial charge >= 0.3 is 0 Å². The molecule has 1 fully saturated rings. The van der Waals surface area contributed by atoms with Crippen LogP contribution in [0.25, 0.3) is 6.08 Å². The number of sulfonamides is 1. The van der Waals surface area contributed by atoms with Gasteiger partial charge in [0.25, 0.3) is 0 Å². The molecule has 0 heterocycles. The Kier molecular flexibility index (Phi) is 6.66. The highest BCUT2D eigenvalue weighted by molar-refractivity contribution is 7.92. The normalized spacial score (nSPS) is 13.8. The van der Waals surface area contributed by atoms with Gasteiger partial charge in [0, 0.05) is 23.4 Å². The highest BCUT2D eigenvalue weighted by Crippen LogP contribution is 2.32. The second kappa shape index (κ2) is 9.21. The van der Waals surface area contributed by atoms with Crippen LogP contribution < -0.4 is 14.2 Å². The molecular formula is C22H26N2O5S. The van der Waals surface area contributed by atoms with E-state index < -0.39 is 10.0 Å². The summed E-state index contributed by atoms with van der Waals surface area (Å²) in [5.74, 6) is 1.35. The SMILES string of the molecule is COc1ccc(OC)c(CN(C(=O)/C=C/c2ccc(NS(C)(=O)=O)cc2)C2CC2)c1. The smallest absolute Gasteiger partial charge is 0.247 e. The fraction of sp³-hybridized carbons (Fsp3) is 0.318. The van der Waals surface area contributed by atoms with Crippen molar-refractivity contribution in [2.45, 2.75) is 25.4 Å². The van der Waals surface area contributed by atoms with E-state index in [0.29, 0.717) is 23.7 Å². The van der Waals surface area contributed by atoms with E-state index in [4.69, 9.17) is 9.47 Å². The summed E-state index contributed by atoms with van der Waals surface area (Å²) in [5.41, 5.74) is 2.17. The third kappa shape index (κ3) is 6.00. The number of hydrogen-bond acceptors (Lipinski definition) is 5. The number of ether oxygens (including phenoxy) is 2. The van der Waals surface area contributed by atoms with Gasteiger partial charge in [0.15, 0.2) is 0 Å². The van der Waals surface area contributed by atoms with Crippen molar-refractivity contribution in [2.24, 2.45) is 0 Å². The molecule has 2 aromatic carbocycles. The number of carbonyl (C=O) groups is 1. The lowest BCUT2D eigenvalue weighted by Gasteiger charge is -2.22. The monoisotopic (exact) mass is 430 g/mol. The number of anilines is 1. The molecule has 0 unspecified atom stereocenters. The molecule has 0 aromatic heterocycles. The predicted octanol–water partition coefficient (Wildman–Crippen LogP) is 3.28. The van der Waals surface area contributed by atoms with Crippen LogP contribution in [-0.2, 0) is 21.4 Å². The summed E-state index contributed by atoms with van der Waals surface area (Å²) >= 11 is 0. The first-order chi connectivity index (χ1) is 14.3. The first-order valence-corrected chi connectivity index (χ1v) is 11.5. The number of amides is 1. The topological polar surface area (TPSA) is 84.9 Å². The summed E-state index contributed by atoms with van der Waals surface area (Å²) < 4.78 is 35.7. The van der Waals surface area contributed by atoms with Crippen molar-refractivity contribution in [3.63, 3.8) is 0 Å². The fourth-order valence-corrected chi connectivity index (χ4v) is 3.67. The second-order valence-electron chi connectivity index (χ2n) is 7.20. The third-order valence-corrected chi connectivity index (χ3v) is 5.34. The molecule has 0 aliphatic heterocycles. The molecule has 30 heavy (non-hydrogen) atoms. The van der Waals surface area contributed by atoms with Gasteiger partial charge in [-0.25, -0.2) is 8.42 Å². The number of nitrogens with zero attached hydrogens (tertiary/aromatic N) is 1. The Morgan fingerprint density at radius 1 is 1.13 bits per heavy atom. The van der Waals surface area contributed by atoms with Gasteiger partial charge in [0.2, 0.25) is 15.9 Å². The van der Waals surface area contributed by atoms with Crippen molar-refractivity contribution >= 4 is 27.7 Å². The molecule has 160 valence electrons. The molecule has 8 heteroatoms. The summed E-state index contributed by atoms with van der Waals surface area (Å²) in [4.78, 5) is 14.7. The van der Waals surface area contributed by atoms with Crippen LogP contribution in [0.1, 0.15) is 24.0 Å². The van der Waals surface area contributed by atoms with Crippen molar-refractivity contribution in [2.75, 3.05) is 25.2 Å². The molecule has 2 aromatic rings. The number of rotatable bonds is 9. The van der Waals surface area contributed by atoms with Crippen LogP contribution in [0.15, 0.2) is 48.5 Å². The summed E-state index contributed by atoms with van der Waals surface area (Å²) in [6.07, 6.45) is 6.34. The van der Waals surface area contributed by atoms with Crippen molar-refractivity contribution in [3.8, 4) is 11.5 Å². The molecule has 0 atom stereocenters. The van der Waals surface area contributed by atoms with Gasteiger partial charge in [-0.15, -0.1) is 0 Å². The minimum absolute atomic E-state index is 0.0827. The van der Waals surface area contributed by atoms with Crippen LogP contribution in [-0.4, -0.2) is 45.7 Å². The predicted molar refractivity (Wildman–Crippen MR) is 117 cm³/mol. The first kappa shape index (κ1) is 21.7. The maximum absolute atomic E-state index is 12.9. The van der Waals surface area contributed by atoms with Gasteiger partial charge < -0.3 is 14.4 Å². The van der Waals surface area contributed by atoms with E-state index in [1.54, 1.807) is 50.6 Å². The Hall–Kier alpha value is -3.00. The van der Waals surface area contributed by atoms with E-state index in [1.165, 1.54) is 0 Å².